The molecule has 8 heteroatoms. The Balaban J connectivity index is 1.35. The molecule has 0 fully saturated rings. The topological polar surface area (TPSA) is 103 Å². The molecule has 0 saturated heterocycles. The number of carbonyl (C=O) groups is 2. The van der Waals surface area contributed by atoms with Crippen LogP contribution in [0.3, 0.4) is 0 Å². The average molecular weight is 428 g/mol. The summed E-state index contributed by atoms with van der Waals surface area (Å²) in [6, 6.07) is 22.8. The summed E-state index contributed by atoms with van der Waals surface area (Å²) in [5.41, 5.74) is 1.54. The van der Waals surface area contributed by atoms with Crippen molar-refractivity contribution in [2.75, 3.05) is 0 Å². The zero-order valence-corrected chi connectivity index (χ0v) is 17.1. The van der Waals surface area contributed by atoms with Crippen LogP contribution in [-0.2, 0) is 17.9 Å². The summed E-state index contributed by atoms with van der Waals surface area (Å²) >= 11 is 0. The highest BCUT2D eigenvalue weighted by atomic mass is 16.5. The molecule has 4 rings (SSSR count). The van der Waals surface area contributed by atoms with Crippen LogP contribution in [0, 0.1) is 0 Å². The SMILES string of the molecule is O=C(CCn1nnc2ccccc2c1=O)Oc1cccc(C(=O)NCc2ccccc2)c1. The normalized spacial score (nSPS) is 10.6. The number of aryl methyl sites for hydroxylation is 1. The number of amides is 1. The van der Waals surface area contributed by atoms with Crippen LogP contribution in [0.1, 0.15) is 22.3 Å². The summed E-state index contributed by atoms with van der Waals surface area (Å²) in [5.74, 6) is -0.572. The van der Waals surface area contributed by atoms with Crippen molar-refractivity contribution in [2.45, 2.75) is 19.5 Å². The molecule has 0 radical (unpaired) electrons. The average Bonchev–Trinajstić information content (AvgIpc) is 2.83. The number of fused-ring (bicyclic) bond motifs is 1. The summed E-state index contributed by atoms with van der Waals surface area (Å²) in [5, 5.41) is 11.1. The Kier molecular flexibility index (Phi) is 6.31. The predicted octanol–water partition coefficient (Wildman–Crippen LogP) is 2.72. The minimum Gasteiger partial charge on any atom is -0.426 e. The lowest BCUT2D eigenvalue weighted by Gasteiger charge is -2.08. The van der Waals surface area contributed by atoms with Gasteiger partial charge in [-0.3, -0.25) is 14.4 Å². The second-order valence-electron chi connectivity index (χ2n) is 7.06. The molecule has 0 spiro atoms. The van der Waals surface area contributed by atoms with Gasteiger partial charge in [0.05, 0.1) is 18.4 Å². The summed E-state index contributed by atoms with van der Waals surface area (Å²) in [7, 11) is 0. The molecule has 1 amide bonds. The molecule has 1 N–H and O–H groups in total. The van der Waals surface area contributed by atoms with E-state index in [2.05, 4.69) is 15.6 Å². The van der Waals surface area contributed by atoms with Crippen molar-refractivity contribution in [3.05, 3.63) is 100 Å². The van der Waals surface area contributed by atoms with Crippen molar-refractivity contribution in [3.63, 3.8) is 0 Å². The van der Waals surface area contributed by atoms with E-state index in [0.29, 0.717) is 23.0 Å². The molecule has 8 nitrogen and oxygen atoms in total. The number of aromatic nitrogens is 3. The molecule has 0 atom stereocenters. The van der Waals surface area contributed by atoms with E-state index in [1.807, 2.05) is 30.3 Å². The standard InChI is InChI=1S/C24H20N4O4/c29-22(13-14-28-24(31)20-11-4-5-12-21(20)26-27-28)32-19-10-6-9-18(15-19)23(30)25-16-17-7-2-1-3-8-17/h1-12,15H,13-14,16H2,(H,25,30). The van der Waals surface area contributed by atoms with Crippen molar-refractivity contribution in [2.24, 2.45) is 0 Å². The molecule has 32 heavy (non-hydrogen) atoms. The van der Waals surface area contributed by atoms with Gasteiger partial charge < -0.3 is 10.1 Å². The number of carbonyl (C=O) groups excluding carboxylic acids is 2. The van der Waals surface area contributed by atoms with Crippen LogP contribution >= 0.6 is 0 Å². The van der Waals surface area contributed by atoms with Crippen molar-refractivity contribution < 1.29 is 14.3 Å². The first-order chi connectivity index (χ1) is 15.6. The van der Waals surface area contributed by atoms with Gasteiger partial charge in [-0.05, 0) is 35.9 Å². The molecule has 0 aliphatic rings. The van der Waals surface area contributed by atoms with E-state index >= 15 is 0 Å². The first-order valence-corrected chi connectivity index (χ1v) is 10.1. The van der Waals surface area contributed by atoms with Crippen LogP contribution in [0.4, 0.5) is 0 Å². The van der Waals surface area contributed by atoms with Gasteiger partial charge in [0.25, 0.3) is 11.5 Å². The van der Waals surface area contributed by atoms with E-state index in [4.69, 9.17) is 4.74 Å². The Morgan fingerprint density at radius 2 is 1.72 bits per heavy atom. The van der Waals surface area contributed by atoms with Crippen LogP contribution in [0.25, 0.3) is 10.9 Å². The van der Waals surface area contributed by atoms with Crippen LogP contribution in [-0.4, -0.2) is 26.9 Å². The van der Waals surface area contributed by atoms with Gasteiger partial charge in [0, 0.05) is 12.1 Å². The predicted molar refractivity (Wildman–Crippen MR) is 118 cm³/mol. The third-order valence-electron chi connectivity index (χ3n) is 4.78. The number of hydrogen-bond acceptors (Lipinski definition) is 6. The number of hydrogen-bond donors (Lipinski definition) is 1. The first-order valence-electron chi connectivity index (χ1n) is 10.1. The Hall–Kier alpha value is -4.33. The van der Waals surface area contributed by atoms with Crippen molar-refractivity contribution in [3.8, 4) is 5.75 Å². The van der Waals surface area contributed by atoms with Gasteiger partial charge in [-0.2, -0.15) is 0 Å². The number of ether oxygens (including phenoxy) is 1. The number of nitrogens with zero attached hydrogens (tertiary/aromatic N) is 3. The fraction of sp³-hybridized carbons (Fsp3) is 0.125. The number of rotatable bonds is 7. The molecule has 1 heterocycles. The Labute approximate surface area is 183 Å². The molecule has 0 unspecified atom stereocenters. The van der Waals surface area contributed by atoms with E-state index in [0.717, 1.165) is 10.2 Å². The molecule has 160 valence electrons. The monoisotopic (exact) mass is 428 g/mol. The van der Waals surface area contributed by atoms with Crippen molar-refractivity contribution in [1.82, 2.24) is 20.3 Å². The lowest BCUT2D eigenvalue weighted by Crippen LogP contribution is -2.26. The largest absolute Gasteiger partial charge is 0.426 e. The smallest absolute Gasteiger partial charge is 0.313 e. The van der Waals surface area contributed by atoms with Crippen LogP contribution in [0.15, 0.2) is 83.7 Å². The zero-order valence-electron chi connectivity index (χ0n) is 17.1. The van der Waals surface area contributed by atoms with Gasteiger partial charge in [0.2, 0.25) is 0 Å². The van der Waals surface area contributed by atoms with E-state index in [1.165, 1.54) is 6.07 Å². The molecule has 4 aromatic rings. The lowest BCUT2D eigenvalue weighted by atomic mass is 10.2. The summed E-state index contributed by atoms with van der Waals surface area (Å²) in [4.78, 5) is 37.1. The quantitative estimate of drug-likeness (QED) is 0.359. The molecular weight excluding hydrogens is 408 g/mol. The fourth-order valence-corrected chi connectivity index (χ4v) is 3.13. The van der Waals surface area contributed by atoms with Crippen molar-refractivity contribution >= 4 is 22.8 Å². The van der Waals surface area contributed by atoms with E-state index in [9.17, 15) is 14.4 Å². The number of benzene rings is 3. The summed E-state index contributed by atoms with van der Waals surface area (Å²) < 4.78 is 6.47. The minimum absolute atomic E-state index is 0.0345. The maximum atomic E-state index is 12.4. The third-order valence-corrected chi connectivity index (χ3v) is 4.78. The Morgan fingerprint density at radius 3 is 2.56 bits per heavy atom. The highest BCUT2D eigenvalue weighted by molar-refractivity contribution is 5.94. The number of nitrogens with one attached hydrogen (secondary N) is 1. The highest BCUT2D eigenvalue weighted by Crippen LogP contribution is 2.14. The van der Waals surface area contributed by atoms with Crippen LogP contribution in [0.2, 0.25) is 0 Å². The van der Waals surface area contributed by atoms with Gasteiger partial charge >= 0.3 is 5.97 Å². The van der Waals surface area contributed by atoms with Gasteiger partial charge in [-0.15, -0.1) is 5.10 Å². The summed E-state index contributed by atoms with van der Waals surface area (Å²) in [6.45, 7) is 0.429. The van der Waals surface area contributed by atoms with Crippen LogP contribution in [0.5, 0.6) is 5.75 Å². The number of esters is 1. The van der Waals surface area contributed by atoms with E-state index < -0.39 is 5.97 Å². The second-order valence-corrected chi connectivity index (χ2v) is 7.06. The minimum atomic E-state index is -0.547. The first kappa shape index (κ1) is 20.9. The van der Waals surface area contributed by atoms with Crippen molar-refractivity contribution in [1.29, 1.82) is 0 Å². The maximum absolute atomic E-state index is 12.4. The molecular formula is C24H20N4O4. The third kappa shape index (κ3) is 5.04. The van der Waals surface area contributed by atoms with Gasteiger partial charge in [-0.25, -0.2) is 4.68 Å². The maximum Gasteiger partial charge on any atom is 0.313 e. The zero-order chi connectivity index (χ0) is 22.3. The second kappa shape index (κ2) is 9.65. The van der Waals surface area contributed by atoms with Gasteiger partial charge in [0.1, 0.15) is 11.3 Å². The molecule has 0 saturated carbocycles. The fourth-order valence-electron chi connectivity index (χ4n) is 3.13. The van der Waals surface area contributed by atoms with Gasteiger partial charge in [-0.1, -0.05) is 53.7 Å². The molecule has 0 aliphatic carbocycles. The highest BCUT2D eigenvalue weighted by Gasteiger charge is 2.11. The van der Waals surface area contributed by atoms with Crippen LogP contribution < -0.4 is 15.6 Å². The van der Waals surface area contributed by atoms with E-state index in [-0.39, 0.29) is 30.2 Å². The van der Waals surface area contributed by atoms with E-state index in [1.54, 1.807) is 42.5 Å². The molecule has 0 bridgehead atoms. The Bertz CT molecular complexity index is 1320. The Morgan fingerprint density at radius 1 is 0.938 bits per heavy atom. The molecule has 1 aromatic heterocycles. The molecule has 3 aromatic carbocycles. The van der Waals surface area contributed by atoms with Gasteiger partial charge in [0.15, 0.2) is 0 Å². The summed E-state index contributed by atoms with van der Waals surface area (Å²) in [6.07, 6.45) is -0.0721. The lowest BCUT2D eigenvalue weighted by molar-refractivity contribution is -0.134. The molecule has 0 aliphatic heterocycles.